The van der Waals surface area contributed by atoms with Crippen LogP contribution in [0, 0.1) is 6.92 Å². The molecule has 0 spiro atoms. The minimum Gasteiger partial charge on any atom is -0.309 e. The van der Waals surface area contributed by atoms with Crippen LogP contribution in [0.15, 0.2) is 18.3 Å². The van der Waals surface area contributed by atoms with Crippen LogP contribution >= 0.6 is 0 Å². The molecule has 2 nitrogen and oxygen atoms in total. The Morgan fingerprint density at radius 3 is 2.92 bits per heavy atom. The standard InChI is InChI=1S/C11H18N2/c1-4-7-12-10(3)11-9(2)6-5-8-13-11/h5-6,8,10,12H,4,7H2,1-3H3. The van der Waals surface area contributed by atoms with E-state index in [0.717, 1.165) is 18.7 Å². The lowest BCUT2D eigenvalue weighted by Crippen LogP contribution is -2.20. The second-order valence-electron chi connectivity index (χ2n) is 3.38. The van der Waals surface area contributed by atoms with Crippen LogP contribution < -0.4 is 5.32 Å². The van der Waals surface area contributed by atoms with Crippen LogP contribution in [0.2, 0.25) is 0 Å². The van der Waals surface area contributed by atoms with Crippen LogP contribution in [0.3, 0.4) is 0 Å². The molecule has 0 bridgehead atoms. The van der Waals surface area contributed by atoms with Crippen molar-refractivity contribution in [2.24, 2.45) is 0 Å². The van der Waals surface area contributed by atoms with Gasteiger partial charge in [0.05, 0.1) is 5.69 Å². The maximum atomic E-state index is 4.37. The molecule has 0 saturated carbocycles. The summed E-state index contributed by atoms with van der Waals surface area (Å²) in [6, 6.07) is 4.44. The van der Waals surface area contributed by atoms with Crippen molar-refractivity contribution in [3.63, 3.8) is 0 Å². The number of aromatic nitrogens is 1. The predicted molar refractivity (Wildman–Crippen MR) is 55.7 cm³/mol. The van der Waals surface area contributed by atoms with Gasteiger partial charge >= 0.3 is 0 Å². The first kappa shape index (κ1) is 10.2. The normalized spacial score (nSPS) is 12.8. The third-order valence-corrected chi connectivity index (χ3v) is 2.16. The Morgan fingerprint density at radius 1 is 1.54 bits per heavy atom. The van der Waals surface area contributed by atoms with Gasteiger partial charge in [-0.1, -0.05) is 13.0 Å². The van der Waals surface area contributed by atoms with E-state index in [1.165, 1.54) is 5.56 Å². The molecule has 0 aliphatic heterocycles. The molecule has 0 saturated heterocycles. The molecular weight excluding hydrogens is 160 g/mol. The topological polar surface area (TPSA) is 24.9 Å². The zero-order chi connectivity index (χ0) is 9.68. The van der Waals surface area contributed by atoms with Gasteiger partial charge in [-0.3, -0.25) is 4.98 Å². The average molecular weight is 178 g/mol. The smallest absolute Gasteiger partial charge is 0.0599 e. The number of hydrogen-bond acceptors (Lipinski definition) is 2. The molecule has 0 aliphatic carbocycles. The molecule has 1 unspecified atom stereocenters. The highest BCUT2D eigenvalue weighted by atomic mass is 14.9. The summed E-state index contributed by atoms with van der Waals surface area (Å²) in [5, 5.41) is 3.43. The van der Waals surface area contributed by atoms with Crippen LogP contribution in [-0.4, -0.2) is 11.5 Å². The number of aryl methyl sites for hydroxylation is 1. The third kappa shape index (κ3) is 2.81. The van der Waals surface area contributed by atoms with Gasteiger partial charge < -0.3 is 5.32 Å². The maximum Gasteiger partial charge on any atom is 0.0599 e. The second-order valence-corrected chi connectivity index (χ2v) is 3.38. The summed E-state index contributed by atoms with van der Waals surface area (Å²) >= 11 is 0. The first-order chi connectivity index (χ1) is 6.25. The van der Waals surface area contributed by atoms with E-state index < -0.39 is 0 Å². The predicted octanol–water partition coefficient (Wildman–Crippen LogP) is 2.45. The van der Waals surface area contributed by atoms with Crippen LogP contribution in [0.4, 0.5) is 0 Å². The zero-order valence-corrected chi connectivity index (χ0v) is 8.67. The molecule has 1 aromatic rings. The summed E-state index contributed by atoms with van der Waals surface area (Å²) < 4.78 is 0. The number of hydrogen-bond donors (Lipinski definition) is 1. The molecule has 0 radical (unpaired) electrons. The van der Waals surface area contributed by atoms with E-state index in [1.54, 1.807) is 0 Å². The number of pyridine rings is 1. The maximum absolute atomic E-state index is 4.37. The molecule has 1 rings (SSSR count). The summed E-state index contributed by atoms with van der Waals surface area (Å²) in [4.78, 5) is 4.37. The fourth-order valence-electron chi connectivity index (χ4n) is 1.41. The highest BCUT2D eigenvalue weighted by Crippen LogP contribution is 2.12. The fraction of sp³-hybridized carbons (Fsp3) is 0.545. The van der Waals surface area contributed by atoms with Gasteiger partial charge in [-0.2, -0.15) is 0 Å². The molecule has 1 atom stereocenters. The van der Waals surface area contributed by atoms with Crippen molar-refractivity contribution < 1.29 is 0 Å². The Labute approximate surface area is 80.4 Å². The highest BCUT2D eigenvalue weighted by molar-refractivity contribution is 5.20. The number of nitrogens with zero attached hydrogens (tertiary/aromatic N) is 1. The minimum absolute atomic E-state index is 0.362. The Kier molecular flexibility index (Phi) is 3.90. The van der Waals surface area contributed by atoms with E-state index in [9.17, 15) is 0 Å². The van der Waals surface area contributed by atoms with E-state index in [2.05, 4.69) is 37.1 Å². The summed E-state index contributed by atoms with van der Waals surface area (Å²) in [6.45, 7) is 7.49. The second kappa shape index (κ2) is 4.97. The van der Waals surface area contributed by atoms with E-state index in [0.29, 0.717) is 6.04 Å². The van der Waals surface area contributed by atoms with Gasteiger partial charge in [0.2, 0.25) is 0 Å². The lowest BCUT2D eigenvalue weighted by molar-refractivity contribution is 0.556. The summed E-state index contributed by atoms with van der Waals surface area (Å²) in [6.07, 6.45) is 3.02. The SMILES string of the molecule is CCCNC(C)c1ncccc1C. The first-order valence-corrected chi connectivity index (χ1v) is 4.90. The van der Waals surface area contributed by atoms with Crippen molar-refractivity contribution in [3.05, 3.63) is 29.6 Å². The molecule has 0 fully saturated rings. The van der Waals surface area contributed by atoms with Crippen LogP contribution in [0.1, 0.15) is 37.6 Å². The van der Waals surface area contributed by atoms with Gasteiger partial charge in [-0.15, -0.1) is 0 Å². The van der Waals surface area contributed by atoms with Gasteiger partial charge in [-0.05, 0) is 38.4 Å². The van der Waals surface area contributed by atoms with Crippen molar-refractivity contribution in [1.29, 1.82) is 0 Å². The minimum atomic E-state index is 0.362. The van der Waals surface area contributed by atoms with Crippen LogP contribution in [0.25, 0.3) is 0 Å². The molecule has 1 N–H and O–H groups in total. The summed E-state index contributed by atoms with van der Waals surface area (Å²) in [7, 11) is 0. The molecule has 0 aromatic carbocycles. The Hall–Kier alpha value is -0.890. The van der Waals surface area contributed by atoms with Gasteiger partial charge in [0, 0.05) is 12.2 Å². The molecule has 13 heavy (non-hydrogen) atoms. The fourth-order valence-corrected chi connectivity index (χ4v) is 1.41. The van der Waals surface area contributed by atoms with Gasteiger partial charge in [-0.25, -0.2) is 0 Å². The van der Waals surface area contributed by atoms with Crippen molar-refractivity contribution in [2.45, 2.75) is 33.2 Å². The van der Waals surface area contributed by atoms with Crippen LogP contribution in [-0.2, 0) is 0 Å². The van der Waals surface area contributed by atoms with E-state index >= 15 is 0 Å². The summed E-state index contributed by atoms with van der Waals surface area (Å²) in [5.41, 5.74) is 2.43. The molecule has 2 heteroatoms. The van der Waals surface area contributed by atoms with Gasteiger partial charge in [0.25, 0.3) is 0 Å². The quantitative estimate of drug-likeness (QED) is 0.766. The van der Waals surface area contributed by atoms with Crippen molar-refractivity contribution in [3.8, 4) is 0 Å². The zero-order valence-electron chi connectivity index (χ0n) is 8.67. The number of nitrogens with one attached hydrogen (secondary N) is 1. The molecule has 0 amide bonds. The van der Waals surface area contributed by atoms with Crippen molar-refractivity contribution in [1.82, 2.24) is 10.3 Å². The van der Waals surface area contributed by atoms with Gasteiger partial charge in [0.15, 0.2) is 0 Å². The molecule has 0 aliphatic rings. The molecule has 1 aromatic heterocycles. The molecule has 1 heterocycles. The number of rotatable bonds is 4. The Morgan fingerprint density at radius 2 is 2.31 bits per heavy atom. The lowest BCUT2D eigenvalue weighted by atomic mass is 10.1. The third-order valence-electron chi connectivity index (χ3n) is 2.16. The highest BCUT2D eigenvalue weighted by Gasteiger charge is 2.07. The van der Waals surface area contributed by atoms with E-state index in [1.807, 2.05) is 12.3 Å². The average Bonchev–Trinajstić information content (AvgIpc) is 2.15. The first-order valence-electron chi connectivity index (χ1n) is 4.90. The Balaban J connectivity index is 2.65. The largest absolute Gasteiger partial charge is 0.309 e. The van der Waals surface area contributed by atoms with Crippen molar-refractivity contribution >= 4 is 0 Å². The Bertz CT molecular complexity index is 258. The van der Waals surface area contributed by atoms with Crippen LogP contribution in [0.5, 0.6) is 0 Å². The monoisotopic (exact) mass is 178 g/mol. The lowest BCUT2D eigenvalue weighted by Gasteiger charge is -2.14. The molecule has 72 valence electrons. The van der Waals surface area contributed by atoms with Crippen molar-refractivity contribution in [2.75, 3.05) is 6.54 Å². The summed E-state index contributed by atoms with van der Waals surface area (Å²) in [5.74, 6) is 0. The molecular formula is C11H18N2. The van der Waals surface area contributed by atoms with Gasteiger partial charge in [0.1, 0.15) is 0 Å². The van der Waals surface area contributed by atoms with E-state index in [4.69, 9.17) is 0 Å². The van der Waals surface area contributed by atoms with E-state index in [-0.39, 0.29) is 0 Å².